The van der Waals surface area contributed by atoms with E-state index in [9.17, 15) is 13.2 Å². The van der Waals surface area contributed by atoms with Crippen molar-refractivity contribution < 1.29 is 17.6 Å². The normalized spacial score (nSPS) is 15.9. The Morgan fingerprint density at radius 1 is 1.29 bits per heavy atom. The molecule has 0 atom stereocenters. The van der Waals surface area contributed by atoms with Crippen LogP contribution >= 0.6 is 11.6 Å². The Hall–Kier alpha value is -1.83. The molecule has 0 bridgehead atoms. The first-order chi connectivity index (χ1) is 11.3. The maximum absolute atomic E-state index is 12.4. The highest BCUT2D eigenvalue weighted by Gasteiger charge is 2.37. The lowest BCUT2D eigenvalue weighted by Gasteiger charge is -2.37. The van der Waals surface area contributed by atoms with Crippen LogP contribution in [0, 0.1) is 6.92 Å². The van der Waals surface area contributed by atoms with Gasteiger partial charge >= 0.3 is 5.63 Å². The van der Waals surface area contributed by atoms with E-state index < -0.39 is 15.6 Å². The highest BCUT2D eigenvalue weighted by molar-refractivity contribution is 7.88. The van der Waals surface area contributed by atoms with Crippen molar-refractivity contribution in [1.82, 2.24) is 4.31 Å². The van der Waals surface area contributed by atoms with Gasteiger partial charge in [0.25, 0.3) is 0 Å². The second-order valence-corrected chi connectivity index (χ2v) is 8.07. The lowest BCUT2D eigenvalue weighted by Crippen LogP contribution is -2.56. The van der Waals surface area contributed by atoms with Crippen LogP contribution in [0.4, 0.5) is 0 Å². The maximum atomic E-state index is 12.4. The predicted octanol–water partition coefficient (Wildman–Crippen LogP) is 2.19. The molecule has 0 N–H and O–H groups in total. The molecule has 1 aliphatic heterocycles. The van der Waals surface area contributed by atoms with E-state index in [1.54, 1.807) is 37.3 Å². The molecule has 0 radical (unpaired) electrons. The van der Waals surface area contributed by atoms with E-state index in [0.717, 1.165) is 0 Å². The summed E-state index contributed by atoms with van der Waals surface area (Å²) in [4.78, 5) is 11.3. The summed E-state index contributed by atoms with van der Waals surface area (Å²) < 4.78 is 36.6. The van der Waals surface area contributed by atoms with Gasteiger partial charge in [-0.05, 0) is 24.6 Å². The van der Waals surface area contributed by atoms with Crippen LogP contribution in [0.1, 0.15) is 11.3 Å². The van der Waals surface area contributed by atoms with Crippen LogP contribution in [-0.2, 0) is 15.8 Å². The van der Waals surface area contributed by atoms with Crippen LogP contribution in [0.3, 0.4) is 0 Å². The van der Waals surface area contributed by atoms with Gasteiger partial charge in [-0.25, -0.2) is 13.2 Å². The molecule has 2 aromatic rings. The van der Waals surface area contributed by atoms with Gasteiger partial charge in [-0.3, -0.25) is 0 Å². The highest BCUT2D eigenvalue weighted by Crippen LogP contribution is 2.23. The third kappa shape index (κ3) is 3.98. The Kier molecular flexibility index (Phi) is 4.67. The number of rotatable bonds is 5. The fraction of sp³-hybridized carbons (Fsp3) is 0.312. The molecule has 1 aromatic heterocycles. The number of halogens is 1. The smallest absolute Gasteiger partial charge is 0.339 e. The van der Waals surface area contributed by atoms with Crippen molar-refractivity contribution in [3.05, 3.63) is 63.2 Å². The lowest BCUT2D eigenvalue weighted by molar-refractivity contribution is 0.0753. The molecule has 0 spiro atoms. The number of hydrogen-bond acceptors (Lipinski definition) is 5. The van der Waals surface area contributed by atoms with E-state index in [1.165, 1.54) is 10.4 Å². The fourth-order valence-electron chi connectivity index (χ4n) is 2.47. The van der Waals surface area contributed by atoms with Gasteiger partial charge in [-0.1, -0.05) is 23.7 Å². The lowest BCUT2D eigenvalue weighted by atomic mass is 10.2. The number of hydrogen-bond donors (Lipinski definition) is 0. The highest BCUT2D eigenvalue weighted by atomic mass is 35.5. The first-order valence-electron chi connectivity index (χ1n) is 7.32. The third-order valence-electron chi connectivity index (χ3n) is 3.62. The van der Waals surface area contributed by atoms with Crippen LogP contribution in [0.15, 0.2) is 45.6 Å². The molecule has 1 fully saturated rings. The third-order valence-corrected chi connectivity index (χ3v) is 5.63. The van der Waals surface area contributed by atoms with Gasteiger partial charge in [-0.2, -0.15) is 4.31 Å². The maximum Gasteiger partial charge on any atom is 0.339 e. The van der Waals surface area contributed by atoms with E-state index in [4.69, 9.17) is 20.8 Å². The summed E-state index contributed by atoms with van der Waals surface area (Å²) in [7, 11) is -3.42. The van der Waals surface area contributed by atoms with Gasteiger partial charge in [0.15, 0.2) is 0 Å². The van der Waals surface area contributed by atoms with Gasteiger partial charge in [-0.15, -0.1) is 0 Å². The average molecular weight is 370 g/mol. The van der Waals surface area contributed by atoms with Crippen molar-refractivity contribution in [3.63, 3.8) is 0 Å². The summed E-state index contributed by atoms with van der Waals surface area (Å²) in [6, 6.07) is 9.63. The molecule has 3 rings (SSSR count). The second kappa shape index (κ2) is 6.58. The molecule has 1 aliphatic rings. The fourth-order valence-corrected chi connectivity index (χ4v) is 4.25. The largest absolute Gasteiger partial charge is 0.487 e. The molecular formula is C16H16ClNO5S. The van der Waals surface area contributed by atoms with E-state index >= 15 is 0 Å². The minimum absolute atomic E-state index is 0.103. The second-order valence-electron chi connectivity index (χ2n) is 5.67. The topological polar surface area (TPSA) is 76.8 Å². The summed E-state index contributed by atoms with van der Waals surface area (Å²) in [5.74, 6) is 0.733. The Balaban J connectivity index is 1.60. The summed E-state index contributed by atoms with van der Waals surface area (Å²) in [6.45, 7) is 2.15. The van der Waals surface area contributed by atoms with Gasteiger partial charge in [0, 0.05) is 11.1 Å². The van der Waals surface area contributed by atoms with Crippen LogP contribution < -0.4 is 10.4 Å². The molecule has 0 saturated carbocycles. The zero-order chi connectivity index (χ0) is 17.3. The monoisotopic (exact) mass is 369 g/mol. The van der Waals surface area contributed by atoms with Crippen molar-refractivity contribution in [2.45, 2.75) is 18.8 Å². The molecule has 24 heavy (non-hydrogen) atoms. The summed E-state index contributed by atoms with van der Waals surface area (Å²) in [5, 5.41) is 0.505. The van der Waals surface area contributed by atoms with Gasteiger partial charge in [0.05, 0.1) is 24.9 Å². The average Bonchev–Trinajstić information content (AvgIpc) is 2.40. The zero-order valence-corrected chi connectivity index (χ0v) is 14.5. The minimum atomic E-state index is -3.42. The molecule has 0 aliphatic carbocycles. The Morgan fingerprint density at radius 2 is 2.04 bits per heavy atom. The molecule has 8 heteroatoms. The quantitative estimate of drug-likeness (QED) is 0.807. The number of ether oxygens (including phenoxy) is 1. The number of aryl methyl sites for hydroxylation is 1. The van der Waals surface area contributed by atoms with Gasteiger partial charge < -0.3 is 9.15 Å². The van der Waals surface area contributed by atoms with Crippen LogP contribution in [-0.4, -0.2) is 31.9 Å². The van der Waals surface area contributed by atoms with Crippen molar-refractivity contribution in [2.75, 3.05) is 13.1 Å². The van der Waals surface area contributed by atoms with Crippen molar-refractivity contribution in [2.24, 2.45) is 0 Å². The van der Waals surface area contributed by atoms with Crippen LogP contribution in [0.5, 0.6) is 5.75 Å². The van der Waals surface area contributed by atoms with Crippen molar-refractivity contribution in [3.8, 4) is 5.75 Å². The van der Waals surface area contributed by atoms with E-state index in [0.29, 0.717) is 22.1 Å². The molecule has 128 valence electrons. The molecule has 0 unspecified atom stereocenters. The summed E-state index contributed by atoms with van der Waals surface area (Å²) in [6.07, 6.45) is -0.277. The Morgan fingerprint density at radius 3 is 2.71 bits per heavy atom. The number of sulfonamides is 1. The molecule has 1 saturated heterocycles. The predicted molar refractivity (Wildman–Crippen MR) is 89.8 cm³/mol. The summed E-state index contributed by atoms with van der Waals surface area (Å²) in [5.41, 5.74) is 0.151. The van der Waals surface area contributed by atoms with E-state index in [1.807, 2.05) is 0 Å². The summed E-state index contributed by atoms with van der Waals surface area (Å²) >= 11 is 5.88. The van der Waals surface area contributed by atoms with Gasteiger partial charge in [0.1, 0.15) is 17.6 Å². The van der Waals surface area contributed by atoms with Gasteiger partial charge in [0.2, 0.25) is 10.0 Å². The molecule has 6 nitrogen and oxygen atoms in total. The number of nitrogens with zero attached hydrogens (tertiary/aromatic N) is 1. The first-order valence-corrected chi connectivity index (χ1v) is 9.31. The first kappa shape index (κ1) is 17.0. The van der Waals surface area contributed by atoms with Crippen molar-refractivity contribution in [1.29, 1.82) is 0 Å². The van der Waals surface area contributed by atoms with E-state index in [-0.39, 0.29) is 24.9 Å². The molecule has 2 heterocycles. The molecule has 0 amide bonds. The molecule has 1 aromatic carbocycles. The van der Waals surface area contributed by atoms with Crippen molar-refractivity contribution >= 4 is 21.6 Å². The standard InChI is InChI=1S/C16H16ClNO5S/c1-11-5-14(7-16(19)22-11)23-15-8-18(9-15)24(20,21)10-12-3-2-4-13(17)6-12/h2-7,15H,8-10H2,1H3. The molecular weight excluding hydrogens is 354 g/mol. The zero-order valence-electron chi connectivity index (χ0n) is 12.9. The minimum Gasteiger partial charge on any atom is -0.487 e. The Bertz CT molecular complexity index is 903. The van der Waals surface area contributed by atoms with Crippen LogP contribution in [0.25, 0.3) is 0 Å². The SMILES string of the molecule is Cc1cc(OC2CN(S(=O)(=O)Cc3cccc(Cl)c3)C2)cc(=O)o1. The Labute approximate surface area is 144 Å². The van der Waals surface area contributed by atoms with Crippen LogP contribution in [0.2, 0.25) is 5.02 Å². The van der Waals surface area contributed by atoms with E-state index in [2.05, 4.69) is 0 Å². The number of benzene rings is 1.